The molecule has 0 rings (SSSR count). The van der Waals surface area contributed by atoms with Crippen molar-refractivity contribution in [3.63, 3.8) is 0 Å². The predicted octanol–water partition coefficient (Wildman–Crippen LogP) is -5.84. The molecule has 0 saturated heterocycles. The first-order valence-electron chi connectivity index (χ1n) is 2.00. The third kappa shape index (κ3) is 327. The van der Waals surface area contributed by atoms with Crippen LogP contribution in [-0.4, -0.2) is 61.6 Å². The van der Waals surface area contributed by atoms with Gasteiger partial charge in [-0.05, 0) is 0 Å². The fourth-order valence-corrected chi connectivity index (χ4v) is 0. The second-order valence-electron chi connectivity index (χ2n) is 0. The van der Waals surface area contributed by atoms with Crippen LogP contribution in [0.25, 0.3) is 0 Å². The maximum absolute atomic E-state index is 2.00. The molecule has 90 valence electrons. The van der Waals surface area contributed by atoms with Gasteiger partial charge >= 0.3 is 118 Å². The average molecular weight is 209 g/mol. The molecule has 5 nitrogen and oxygen atoms in total. The maximum atomic E-state index is 2.00. The number of hydrogen-bond donors (Lipinski definition) is 5. The van der Waals surface area contributed by atoms with Crippen LogP contribution in [0.1, 0.15) is 39.7 Å². The summed E-state index contributed by atoms with van der Waals surface area (Å²) in [5, 5.41) is 0. The zero-order valence-corrected chi connectivity index (χ0v) is 10.5. The summed E-state index contributed by atoms with van der Waals surface area (Å²) in [6, 6.07) is 0. The molecule has 0 aromatic heterocycles. The Bertz CT molecular complexity index is 45.1. The van der Waals surface area contributed by atoms with E-state index in [1.54, 1.807) is 0 Å². The summed E-state index contributed by atoms with van der Waals surface area (Å²) in [6.07, 6.45) is 0. The average Bonchev–Trinajstić information content (AvgIpc) is 1.50. The summed E-state index contributed by atoms with van der Waals surface area (Å²) in [5.74, 6) is 0. The van der Waals surface area contributed by atoms with Crippen LogP contribution in [-0.2, 0) is 0 Å². The standard InChI is InChI=1S/4CH4.7Li.5H3N.4H2.3H/h4*1H4;;;;;;;;5*1H3;4*1H;;;/q;;;;;;;;3*+1;;;;;;;;;;3*-1. The first-order valence-corrected chi connectivity index (χ1v) is 2.00. The van der Waals surface area contributed by atoms with Crippen LogP contribution in [0, 0.1) is 0 Å². The van der Waals surface area contributed by atoms with Gasteiger partial charge in [-0.1, -0.05) is 29.7 Å². The monoisotopic (exact) mass is 209 g/mol. The van der Waals surface area contributed by atoms with Crippen LogP contribution < -0.4 is 87.3 Å². The van der Waals surface area contributed by atoms with E-state index in [4.69, 9.17) is 0 Å². The van der Waals surface area contributed by atoms with Crippen LogP contribution in [0.3, 0.4) is 0 Å². The van der Waals surface area contributed by atoms with Gasteiger partial charge < -0.3 is 35.0 Å². The van der Waals surface area contributed by atoms with Crippen LogP contribution in [0.4, 0.5) is 0 Å². The Morgan fingerprint density at radius 2 is 0.438 bits per heavy atom. The van der Waals surface area contributed by atoms with Gasteiger partial charge in [0.05, 0.1) is 0 Å². The van der Waals surface area contributed by atoms with E-state index in [0.29, 0.717) is 0 Å². The van der Waals surface area contributed by atoms with E-state index in [1.807, 2.05) is 61.6 Å². The molecule has 0 unspecified atom stereocenters. The third-order valence-electron chi connectivity index (χ3n) is 0. The summed E-state index contributed by atoms with van der Waals surface area (Å²) in [6.45, 7) is 0. The first kappa shape index (κ1) is 201. The molecule has 0 radical (unpaired) electrons. The molecule has 0 aliphatic rings. The van der Waals surface area contributed by atoms with Gasteiger partial charge in [0.25, 0.3) is 0 Å². The van der Waals surface area contributed by atoms with Crippen molar-refractivity contribution >= 4 is 61.6 Å². The molecule has 0 aliphatic carbocycles. The van der Waals surface area contributed by atoms with E-state index in [1.165, 1.54) is 0 Å². The third-order valence-corrected chi connectivity index (χ3v) is 0. The molecule has 0 amide bonds. The summed E-state index contributed by atoms with van der Waals surface area (Å²) in [4.78, 5) is 0. The van der Waals surface area contributed by atoms with Crippen molar-refractivity contribution in [1.29, 1.82) is 0 Å². The minimum absolute atomic E-state index is 0. The van der Waals surface area contributed by atoms with E-state index >= 15 is 0 Å². The van der Waals surface area contributed by atoms with Gasteiger partial charge in [0.1, 0.15) is 0 Å². The molecule has 0 aliphatic heterocycles. The Balaban J connectivity index is -0.000000000100. The number of rotatable bonds is 0. The van der Waals surface area contributed by atoms with E-state index in [9.17, 15) is 0 Å². The van der Waals surface area contributed by atoms with Gasteiger partial charge in [-0.3, -0.25) is 0 Å². The minimum atomic E-state index is 0. The van der Waals surface area contributed by atoms with Crippen molar-refractivity contribution in [3.05, 3.63) is 0 Å². The second kappa shape index (κ2) is 387. The van der Waals surface area contributed by atoms with Crippen molar-refractivity contribution in [3.8, 4) is 0 Å². The van der Waals surface area contributed by atoms with E-state index in [2.05, 4.69) is 0 Å². The van der Waals surface area contributed by atoms with Crippen molar-refractivity contribution in [2.75, 3.05) is 0 Å². The normalized spacial score (nSPS) is 1.00. The van der Waals surface area contributed by atoms with E-state index in [0.717, 1.165) is 0 Å². The SMILES string of the molecule is C.C.C.C.N.N.N.N.N.[H-].[H-].[H-].[HH].[HH].[HH].[HH].[Li+].[Li+].[Li+].[Li][Li].[Li][Li]. The van der Waals surface area contributed by atoms with Gasteiger partial charge in [0.2, 0.25) is 0 Å². The van der Waals surface area contributed by atoms with Crippen LogP contribution in [0.2, 0.25) is 0 Å². The molecule has 0 spiro atoms. The fraction of sp³-hybridized carbons (Fsp3) is 1.00. The van der Waals surface area contributed by atoms with Crippen molar-refractivity contribution < 1.29 is 66.6 Å². The van der Waals surface area contributed by atoms with E-state index in [-0.39, 0.29) is 127 Å². The molecular weight excluding hydrogens is 167 g/mol. The fourth-order valence-electron chi connectivity index (χ4n) is 0. The Morgan fingerprint density at radius 1 is 0.438 bits per heavy atom. The molecule has 16 heavy (non-hydrogen) atoms. The summed E-state index contributed by atoms with van der Waals surface area (Å²) < 4.78 is 0. The topological polar surface area (TPSA) is 175 Å². The van der Waals surface area contributed by atoms with Crippen LogP contribution >= 0.6 is 0 Å². The second-order valence-corrected chi connectivity index (χ2v) is 0. The molecule has 0 aromatic rings. The summed E-state index contributed by atoms with van der Waals surface area (Å²) in [5.41, 5.74) is 0. The predicted molar refractivity (Wildman–Crippen MR) is 86.8 cm³/mol. The summed E-state index contributed by atoms with van der Waals surface area (Å²) >= 11 is 8.00. The van der Waals surface area contributed by atoms with Gasteiger partial charge in [0, 0.05) is 5.71 Å². The zero-order chi connectivity index (χ0) is 4.00. The van der Waals surface area contributed by atoms with Gasteiger partial charge in [-0.15, -0.1) is 0 Å². The Labute approximate surface area is 186 Å². The molecule has 0 aromatic carbocycles. The van der Waals surface area contributed by atoms with Gasteiger partial charge in [0.15, 0.2) is 0 Å². The Hall–Kier alpha value is 3.98. The summed E-state index contributed by atoms with van der Waals surface area (Å²) in [7, 11) is 0. The molecule has 15 N–H and O–H groups in total. The molecule has 0 atom stereocenters. The van der Waals surface area contributed by atoms with Crippen LogP contribution in [0.15, 0.2) is 0 Å². The molecule has 0 heterocycles. The van der Waals surface area contributed by atoms with Crippen molar-refractivity contribution in [1.82, 2.24) is 30.8 Å². The van der Waals surface area contributed by atoms with Crippen molar-refractivity contribution in [2.24, 2.45) is 0 Å². The number of hydrogen-bond acceptors (Lipinski definition) is 5. The molecular formula is C4H42Li7N5. The first-order chi connectivity index (χ1) is 2.00. The molecule has 0 bridgehead atoms. The molecule has 12 heteroatoms. The Morgan fingerprint density at radius 3 is 0.438 bits per heavy atom. The van der Waals surface area contributed by atoms with Gasteiger partial charge in [-0.2, -0.15) is 0 Å². The van der Waals surface area contributed by atoms with E-state index < -0.39 is 0 Å². The quantitative estimate of drug-likeness (QED) is 0.249. The van der Waals surface area contributed by atoms with Crippen molar-refractivity contribution in [2.45, 2.75) is 29.7 Å². The van der Waals surface area contributed by atoms with Crippen LogP contribution in [0.5, 0.6) is 0 Å². The Kier molecular flexibility index (Phi) is 4870. The zero-order valence-electron chi connectivity index (χ0n) is 13.5. The van der Waals surface area contributed by atoms with Gasteiger partial charge in [-0.25, -0.2) is 0 Å². The molecule has 0 saturated carbocycles. The molecule has 0 fully saturated rings.